The Balaban J connectivity index is 2.17. The van der Waals surface area contributed by atoms with E-state index in [0.29, 0.717) is 0 Å². The molecule has 20 heavy (non-hydrogen) atoms. The molecule has 0 radical (unpaired) electrons. The third-order valence-electron chi connectivity index (χ3n) is 2.64. The van der Waals surface area contributed by atoms with Crippen molar-refractivity contribution in [3.8, 4) is 11.5 Å². The van der Waals surface area contributed by atoms with Gasteiger partial charge in [0.15, 0.2) is 11.5 Å². The zero-order chi connectivity index (χ0) is 14.9. The van der Waals surface area contributed by atoms with Gasteiger partial charge in [-0.15, -0.1) is 8.78 Å². The largest absolute Gasteiger partial charge is 0.586 e. The SMILES string of the molecule is CCOC(=O)C(F)[C@H](N)c1ccc2c(c1)OC(F)(F)O2. The van der Waals surface area contributed by atoms with Crippen molar-refractivity contribution in [2.24, 2.45) is 5.73 Å². The number of fused-ring (bicyclic) bond motifs is 1. The summed E-state index contributed by atoms with van der Waals surface area (Å²) in [6.45, 7) is 1.54. The van der Waals surface area contributed by atoms with E-state index in [0.717, 1.165) is 6.07 Å². The van der Waals surface area contributed by atoms with E-state index in [2.05, 4.69) is 14.2 Å². The molecule has 110 valence electrons. The third kappa shape index (κ3) is 2.79. The first-order chi connectivity index (χ1) is 9.34. The molecule has 1 aromatic carbocycles. The number of hydrogen-bond donors (Lipinski definition) is 1. The molecule has 1 unspecified atom stereocenters. The summed E-state index contributed by atoms with van der Waals surface area (Å²) in [5, 5.41) is 0. The molecule has 0 spiro atoms. The van der Waals surface area contributed by atoms with Gasteiger partial charge in [0.05, 0.1) is 12.6 Å². The van der Waals surface area contributed by atoms with Crippen LogP contribution in [0.2, 0.25) is 0 Å². The first kappa shape index (κ1) is 14.4. The number of rotatable bonds is 4. The van der Waals surface area contributed by atoms with Gasteiger partial charge in [-0.2, -0.15) is 0 Å². The first-order valence-corrected chi connectivity index (χ1v) is 5.80. The zero-order valence-corrected chi connectivity index (χ0v) is 10.4. The molecule has 2 atom stereocenters. The summed E-state index contributed by atoms with van der Waals surface area (Å²) in [5.74, 6) is -1.56. The van der Waals surface area contributed by atoms with Crippen LogP contribution in [-0.4, -0.2) is 25.0 Å². The van der Waals surface area contributed by atoms with Gasteiger partial charge in [-0.3, -0.25) is 0 Å². The predicted octanol–water partition coefficient (Wildman–Crippen LogP) is 1.91. The maximum atomic E-state index is 13.7. The van der Waals surface area contributed by atoms with Crippen molar-refractivity contribution in [1.29, 1.82) is 0 Å². The number of halogens is 3. The number of esters is 1. The number of hydrogen-bond acceptors (Lipinski definition) is 5. The van der Waals surface area contributed by atoms with Crippen LogP contribution in [0.5, 0.6) is 11.5 Å². The Kier molecular flexibility index (Phi) is 3.76. The molecule has 1 aromatic rings. The van der Waals surface area contributed by atoms with E-state index in [1.54, 1.807) is 0 Å². The maximum Gasteiger partial charge on any atom is 0.586 e. The van der Waals surface area contributed by atoms with Gasteiger partial charge in [0, 0.05) is 0 Å². The molecule has 0 aliphatic carbocycles. The Labute approximate surface area is 112 Å². The normalized spacial score (nSPS) is 18.4. The highest BCUT2D eigenvalue weighted by Crippen LogP contribution is 2.42. The van der Waals surface area contributed by atoms with Crippen molar-refractivity contribution in [3.05, 3.63) is 23.8 Å². The Hall–Kier alpha value is -1.96. The molecule has 0 amide bonds. The summed E-state index contributed by atoms with van der Waals surface area (Å²) >= 11 is 0. The molecule has 1 aliphatic rings. The molecule has 0 fully saturated rings. The van der Waals surface area contributed by atoms with Gasteiger partial charge in [-0.05, 0) is 24.6 Å². The van der Waals surface area contributed by atoms with Crippen LogP contribution in [0.15, 0.2) is 18.2 Å². The fourth-order valence-electron chi connectivity index (χ4n) is 1.71. The van der Waals surface area contributed by atoms with Gasteiger partial charge in [0.2, 0.25) is 6.17 Å². The third-order valence-corrected chi connectivity index (χ3v) is 2.64. The van der Waals surface area contributed by atoms with Gasteiger partial charge in [0.1, 0.15) is 0 Å². The van der Waals surface area contributed by atoms with Crippen molar-refractivity contribution < 1.29 is 32.2 Å². The highest BCUT2D eigenvalue weighted by molar-refractivity contribution is 5.75. The van der Waals surface area contributed by atoms with Crippen LogP contribution in [0.4, 0.5) is 13.2 Å². The fraction of sp³-hybridized carbons (Fsp3) is 0.417. The Morgan fingerprint density at radius 2 is 2.05 bits per heavy atom. The summed E-state index contributed by atoms with van der Waals surface area (Å²) in [5.41, 5.74) is 5.69. The quantitative estimate of drug-likeness (QED) is 0.858. The summed E-state index contributed by atoms with van der Waals surface area (Å²) in [4.78, 5) is 11.2. The number of carbonyl (C=O) groups excluding carboxylic acids is 1. The van der Waals surface area contributed by atoms with Crippen LogP contribution in [0.25, 0.3) is 0 Å². The van der Waals surface area contributed by atoms with E-state index in [4.69, 9.17) is 5.73 Å². The van der Waals surface area contributed by atoms with Crippen LogP contribution in [0.1, 0.15) is 18.5 Å². The van der Waals surface area contributed by atoms with E-state index in [1.807, 2.05) is 0 Å². The van der Waals surface area contributed by atoms with Crippen LogP contribution >= 0.6 is 0 Å². The molecular formula is C12H12F3NO4. The average molecular weight is 291 g/mol. The topological polar surface area (TPSA) is 70.8 Å². The lowest BCUT2D eigenvalue weighted by atomic mass is 10.0. The maximum absolute atomic E-state index is 13.7. The fourth-order valence-corrected chi connectivity index (χ4v) is 1.71. The van der Waals surface area contributed by atoms with Crippen molar-refractivity contribution in [1.82, 2.24) is 0 Å². The lowest BCUT2D eigenvalue weighted by molar-refractivity contribution is -0.286. The number of alkyl halides is 3. The van der Waals surface area contributed by atoms with Gasteiger partial charge in [-0.25, -0.2) is 9.18 Å². The van der Waals surface area contributed by atoms with E-state index >= 15 is 0 Å². The van der Waals surface area contributed by atoms with Gasteiger partial charge >= 0.3 is 12.3 Å². The van der Waals surface area contributed by atoms with Crippen molar-refractivity contribution in [3.63, 3.8) is 0 Å². The summed E-state index contributed by atoms with van der Waals surface area (Å²) in [6.07, 6.45) is -5.86. The number of ether oxygens (including phenoxy) is 3. The Morgan fingerprint density at radius 1 is 1.40 bits per heavy atom. The summed E-state index contributed by atoms with van der Waals surface area (Å²) in [6, 6.07) is 2.20. The Bertz CT molecular complexity index is 523. The summed E-state index contributed by atoms with van der Waals surface area (Å²) in [7, 11) is 0. The van der Waals surface area contributed by atoms with Crippen LogP contribution in [-0.2, 0) is 9.53 Å². The standard InChI is InChI=1S/C12H12F3NO4/c1-2-18-11(17)9(13)10(16)6-3-4-7-8(5-6)20-12(14,15)19-7/h3-5,9-10H,2,16H2,1H3/t9?,10-/m1/s1. The van der Waals surface area contributed by atoms with Gasteiger partial charge < -0.3 is 19.9 Å². The molecule has 0 aromatic heterocycles. The van der Waals surface area contributed by atoms with Crippen LogP contribution in [0.3, 0.4) is 0 Å². The number of carbonyl (C=O) groups is 1. The molecule has 0 saturated heterocycles. The summed E-state index contributed by atoms with van der Waals surface area (Å²) < 4.78 is 52.3. The van der Waals surface area contributed by atoms with Crippen molar-refractivity contribution >= 4 is 5.97 Å². The van der Waals surface area contributed by atoms with Crippen molar-refractivity contribution in [2.45, 2.75) is 25.4 Å². The van der Waals surface area contributed by atoms with Gasteiger partial charge in [-0.1, -0.05) is 6.07 Å². The minimum Gasteiger partial charge on any atom is -0.464 e. The monoisotopic (exact) mass is 291 g/mol. The van der Waals surface area contributed by atoms with Crippen LogP contribution in [0, 0.1) is 0 Å². The molecule has 0 saturated carbocycles. The Morgan fingerprint density at radius 3 is 2.70 bits per heavy atom. The lowest BCUT2D eigenvalue weighted by Gasteiger charge is -2.16. The van der Waals surface area contributed by atoms with E-state index < -0.39 is 24.5 Å². The first-order valence-electron chi connectivity index (χ1n) is 5.80. The lowest BCUT2D eigenvalue weighted by Crippen LogP contribution is -2.31. The highest BCUT2D eigenvalue weighted by Gasteiger charge is 2.43. The van der Waals surface area contributed by atoms with Crippen molar-refractivity contribution in [2.75, 3.05) is 6.61 Å². The number of benzene rings is 1. The van der Waals surface area contributed by atoms with E-state index in [1.165, 1.54) is 19.1 Å². The molecule has 1 heterocycles. The second kappa shape index (κ2) is 5.20. The van der Waals surface area contributed by atoms with Crippen LogP contribution < -0.4 is 15.2 Å². The molecule has 5 nitrogen and oxygen atoms in total. The molecule has 2 N–H and O–H groups in total. The predicted molar refractivity (Wildman–Crippen MR) is 61.1 cm³/mol. The highest BCUT2D eigenvalue weighted by atomic mass is 19.3. The van der Waals surface area contributed by atoms with Gasteiger partial charge in [0.25, 0.3) is 0 Å². The minimum absolute atomic E-state index is 0.0132. The molecular weight excluding hydrogens is 279 g/mol. The average Bonchev–Trinajstić information content (AvgIpc) is 2.69. The smallest absolute Gasteiger partial charge is 0.464 e. The second-order valence-corrected chi connectivity index (χ2v) is 4.05. The van der Waals surface area contributed by atoms with E-state index in [9.17, 15) is 18.0 Å². The molecule has 2 rings (SSSR count). The minimum atomic E-state index is -3.76. The second-order valence-electron chi connectivity index (χ2n) is 4.05. The molecule has 8 heteroatoms. The molecule has 1 aliphatic heterocycles. The van der Waals surface area contributed by atoms with E-state index in [-0.39, 0.29) is 23.7 Å². The zero-order valence-electron chi connectivity index (χ0n) is 10.4. The molecule has 0 bridgehead atoms. The number of nitrogens with two attached hydrogens (primary N) is 1.